The highest BCUT2D eigenvalue weighted by molar-refractivity contribution is 5.85. The lowest BCUT2D eigenvalue weighted by Gasteiger charge is -2.30. The van der Waals surface area contributed by atoms with Crippen molar-refractivity contribution in [1.82, 2.24) is 10.6 Å². The van der Waals surface area contributed by atoms with Crippen LogP contribution in [0.15, 0.2) is 18.2 Å². The summed E-state index contributed by atoms with van der Waals surface area (Å²) in [7, 11) is 0. The van der Waals surface area contributed by atoms with Crippen LogP contribution in [0.25, 0.3) is 0 Å². The minimum Gasteiger partial charge on any atom is -0.352 e. The van der Waals surface area contributed by atoms with Gasteiger partial charge in [-0.3, -0.25) is 4.79 Å². The molecule has 2 atom stereocenters. The number of aryl methyl sites for hydroxylation is 1. The third-order valence-electron chi connectivity index (χ3n) is 3.96. The summed E-state index contributed by atoms with van der Waals surface area (Å²) in [6.07, 6.45) is 3.68. The molecule has 1 saturated heterocycles. The molecule has 0 aliphatic carbocycles. The van der Waals surface area contributed by atoms with Gasteiger partial charge in [-0.2, -0.15) is 0 Å². The molecule has 0 saturated carbocycles. The number of amides is 1. The predicted octanol–water partition coefficient (Wildman–Crippen LogP) is 2.97. The zero-order valence-electron chi connectivity index (χ0n) is 12.7. The summed E-state index contributed by atoms with van der Waals surface area (Å²) in [5, 5.41) is 6.38. The van der Waals surface area contributed by atoms with Crippen molar-refractivity contribution in [2.24, 2.45) is 0 Å². The number of rotatable bonds is 5. The molecule has 0 bridgehead atoms. The molecule has 0 radical (unpaired) electrons. The van der Waals surface area contributed by atoms with E-state index in [1.54, 1.807) is 6.07 Å². The molecule has 2 unspecified atom stereocenters. The van der Waals surface area contributed by atoms with E-state index in [-0.39, 0.29) is 24.4 Å². The van der Waals surface area contributed by atoms with Gasteiger partial charge in [-0.15, -0.1) is 12.4 Å². The second-order valence-electron chi connectivity index (χ2n) is 5.66. The summed E-state index contributed by atoms with van der Waals surface area (Å²) < 4.78 is 25.9. The van der Waals surface area contributed by atoms with Crippen LogP contribution in [0.3, 0.4) is 0 Å². The Morgan fingerprint density at radius 1 is 1.36 bits per heavy atom. The molecule has 3 nitrogen and oxygen atoms in total. The van der Waals surface area contributed by atoms with Gasteiger partial charge in [-0.25, -0.2) is 8.78 Å². The number of benzene rings is 1. The molecule has 2 N–H and O–H groups in total. The van der Waals surface area contributed by atoms with E-state index in [1.807, 2.05) is 0 Å². The average molecular weight is 333 g/mol. The quantitative estimate of drug-likeness (QED) is 0.870. The lowest BCUT2D eigenvalue weighted by molar-refractivity contribution is -0.122. The van der Waals surface area contributed by atoms with Crippen LogP contribution < -0.4 is 10.6 Å². The fraction of sp³-hybridized carbons (Fsp3) is 0.562. The van der Waals surface area contributed by atoms with E-state index in [1.165, 1.54) is 6.07 Å². The Hall–Kier alpha value is -1.20. The largest absolute Gasteiger partial charge is 0.352 e. The third-order valence-corrected chi connectivity index (χ3v) is 3.96. The third kappa shape index (κ3) is 5.54. The summed E-state index contributed by atoms with van der Waals surface area (Å²) in [5.41, 5.74) is 0.717. The predicted molar refractivity (Wildman–Crippen MR) is 85.2 cm³/mol. The van der Waals surface area contributed by atoms with E-state index in [2.05, 4.69) is 17.6 Å². The summed E-state index contributed by atoms with van der Waals surface area (Å²) in [6, 6.07) is 4.37. The maximum atomic E-state index is 13.1. The van der Waals surface area contributed by atoms with Crippen LogP contribution >= 0.6 is 12.4 Å². The minimum atomic E-state index is -0.838. The summed E-state index contributed by atoms with van der Waals surface area (Å²) in [4.78, 5) is 11.9. The van der Waals surface area contributed by atoms with Gasteiger partial charge in [0.25, 0.3) is 0 Å². The van der Waals surface area contributed by atoms with Crippen molar-refractivity contribution in [3.05, 3.63) is 35.4 Å². The molecule has 1 aliphatic rings. The monoisotopic (exact) mass is 332 g/mol. The Balaban J connectivity index is 0.00000242. The van der Waals surface area contributed by atoms with E-state index in [9.17, 15) is 13.6 Å². The number of hydrogen-bond donors (Lipinski definition) is 2. The molecule has 0 spiro atoms. The first kappa shape index (κ1) is 18.8. The Kier molecular flexibility index (Phi) is 7.76. The molecular weight excluding hydrogens is 310 g/mol. The Morgan fingerprint density at radius 3 is 2.82 bits per heavy atom. The van der Waals surface area contributed by atoms with Crippen molar-refractivity contribution in [2.45, 2.75) is 51.1 Å². The summed E-state index contributed by atoms with van der Waals surface area (Å²) >= 11 is 0. The fourth-order valence-corrected chi connectivity index (χ4v) is 2.67. The second kappa shape index (κ2) is 9.06. The molecule has 1 aromatic carbocycles. The van der Waals surface area contributed by atoms with Crippen molar-refractivity contribution in [1.29, 1.82) is 0 Å². The van der Waals surface area contributed by atoms with E-state index in [0.717, 1.165) is 31.0 Å². The molecule has 1 amide bonds. The first-order valence-electron chi connectivity index (χ1n) is 7.53. The van der Waals surface area contributed by atoms with Crippen LogP contribution in [-0.4, -0.2) is 24.5 Å². The molecule has 2 rings (SSSR count). The maximum absolute atomic E-state index is 13.1. The van der Waals surface area contributed by atoms with E-state index < -0.39 is 11.6 Å². The Morgan fingerprint density at radius 2 is 2.14 bits per heavy atom. The number of hydrogen-bond acceptors (Lipinski definition) is 2. The molecule has 6 heteroatoms. The zero-order chi connectivity index (χ0) is 15.2. The van der Waals surface area contributed by atoms with Crippen LogP contribution in [0, 0.1) is 11.6 Å². The van der Waals surface area contributed by atoms with Crippen molar-refractivity contribution < 1.29 is 13.6 Å². The number of carbonyl (C=O) groups excluding carboxylic acids is 1. The van der Waals surface area contributed by atoms with Crippen molar-refractivity contribution in [3.63, 3.8) is 0 Å². The standard InChI is InChI=1S/C16H22F2N2O.ClH/c1-11-15(5-3-9-19-11)20-16(21)6-2-4-12-7-8-13(17)14(18)10-12;/h7-8,10-11,15,19H,2-6,9H2,1H3,(H,20,21);1H. The normalized spacial score (nSPS) is 21.0. The van der Waals surface area contributed by atoms with Crippen molar-refractivity contribution in [3.8, 4) is 0 Å². The van der Waals surface area contributed by atoms with Gasteiger partial charge in [0.2, 0.25) is 5.91 Å². The SMILES string of the molecule is CC1NCCCC1NC(=O)CCCc1ccc(F)c(F)c1.Cl. The number of carbonyl (C=O) groups is 1. The van der Waals surface area contributed by atoms with Gasteiger partial charge in [0.15, 0.2) is 11.6 Å². The maximum Gasteiger partial charge on any atom is 0.220 e. The van der Waals surface area contributed by atoms with Crippen LogP contribution in [0.1, 0.15) is 38.2 Å². The topological polar surface area (TPSA) is 41.1 Å². The molecule has 0 aromatic heterocycles. The van der Waals surface area contributed by atoms with Crippen LogP contribution in [-0.2, 0) is 11.2 Å². The van der Waals surface area contributed by atoms with Crippen molar-refractivity contribution >= 4 is 18.3 Å². The van der Waals surface area contributed by atoms with Crippen molar-refractivity contribution in [2.75, 3.05) is 6.54 Å². The second-order valence-corrected chi connectivity index (χ2v) is 5.66. The molecule has 22 heavy (non-hydrogen) atoms. The van der Waals surface area contributed by atoms with E-state index in [0.29, 0.717) is 25.3 Å². The van der Waals surface area contributed by atoms with Gasteiger partial charge in [-0.1, -0.05) is 6.07 Å². The van der Waals surface area contributed by atoms with Gasteiger partial charge in [-0.05, 0) is 56.8 Å². The molecule has 1 aliphatic heterocycles. The van der Waals surface area contributed by atoms with E-state index in [4.69, 9.17) is 0 Å². The minimum absolute atomic E-state index is 0. The van der Waals surface area contributed by atoms with Gasteiger partial charge < -0.3 is 10.6 Å². The highest BCUT2D eigenvalue weighted by Gasteiger charge is 2.21. The molecular formula is C16H23ClF2N2O. The molecule has 1 aromatic rings. The van der Waals surface area contributed by atoms with Crippen LogP contribution in [0.5, 0.6) is 0 Å². The number of nitrogens with one attached hydrogen (secondary N) is 2. The first-order valence-corrected chi connectivity index (χ1v) is 7.53. The van der Waals surface area contributed by atoms with E-state index >= 15 is 0 Å². The average Bonchev–Trinajstić information content (AvgIpc) is 2.45. The Bertz CT molecular complexity index is 499. The summed E-state index contributed by atoms with van der Waals surface area (Å²) in [5.74, 6) is -1.65. The Labute approximate surface area is 136 Å². The van der Waals surface area contributed by atoms with Gasteiger partial charge in [0.05, 0.1) is 0 Å². The first-order chi connectivity index (χ1) is 10.1. The summed E-state index contributed by atoms with van der Waals surface area (Å²) in [6.45, 7) is 3.08. The molecule has 1 fully saturated rings. The molecule has 124 valence electrons. The zero-order valence-corrected chi connectivity index (χ0v) is 13.5. The van der Waals surface area contributed by atoms with Gasteiger partial charge in [0, 0.05) is 18.5 Å². The van der Waals surface area contributed by atoms with Gasteiger partial charge in [0.1, 0.15) is 0 Å². The number of piperidine rings is 1. The highest BCUT2D eigenvalue weighted by atomic mass is 35.5. The van der Waals surface area contributed by atoms with Crippen LogP contribution in [0.2, 0.25) is 0 Å². The van der Waals surface area contributed by atoms with Crippen LogP contribution in [0.4, 0.5) is 8.78 Å². The van der Waals surface area contributed by atoms with Gasteiger partial charge >= 0.3 is 0 Å². The number of halogens is 3. The molecule has 1 heterocycles. The smallest absolute Gasteiger partial charge is 0.220 e. The fourth-order valence-electron chi connectivity index (χ4n) is 2.67. The highest BCUT2D eigenvalue weighted by Crippen LogP contribution is 2.12. The lowest BCUT2D eigenvalue weighted by Crippen LogP contribution is -2.51. The lowest BCUT2D eigenvalue weighted by atomic mass is 9.99.